The average Bonchev–Trinajstić information content (AvgIpc) is 2.84. The molecule has 0 saturated carbocycles. The zero-order valence-electron chi connectivity index (χ0n) is 10.5. The zero-order valence-corrected chi connectivity index (χ0v) is 12.0. The first-order valence-electron chi connectivity index (χ1n) is 6.07. The molecule has 0 radical (unpaired) electrons. The number of carbonyl (C=O) groups excluding carboxylic acids is 1. The summed E-state index contributed by atoms with van der Waals surface area (Å²) in [7, 11) is 0. The summed E-state index contributed by atoms with van der Waals surface area (Å²) >= 11 is 3.45. The molecule has 1 saturated heterocycles. The molecule has 0 aliphatic carbocycles. The maximum Gasteiger partial charge on any atom is 0.254 e. The number of benzene rings is 1. The first kappa shape index (κ1) is 12.3. The van der Waals surface area contributed by atoms with E-state index in [1.165, 1.54) is 0 Å². The van der Waals surface area contributed by atoms with Crippen molar-refractivity contribution >= 4 is 21.8 Å². The van der Waals surface area contributed by atoms with Crippen molar-refractivity contribution in [2.24, 2.45) is 0 Å². The monoisotopic (exact) mass is 320 g/mol. The van der Waals surface area contributed by atoms with Crippen LogP contribution in [0.4, 0.5) is 0 Å². The second-order valence-corrected chi connectivity index (χ2v) is 5.48. The lowest BCUT2D eigenvalue weighted by Gasteiger charge is -2.38. The van der Waals surface area contributed by atoms with Crippen molar-refractivity contribution < 1.29 is 4.79 Å². The van der Waals surface area contributed by atoms with E-state index in [0.717, 1.165) is 15.6 Å². The van der Waals surface area contributed by atoms with Crippen LogP contribution in [0.15, 0.2) is 35.1 Å². The molecule has 98 valence electrons. The zero-order chi connectivity index (χ0) is 13.4. The molecule has 2 aromatic rings. The number of aromatic nitrogens is 3. The third-order valence-electron chi connectivity index (χ3n) is 3.41. The van der Waals surface area contributed by atoms with Gasteiger partial charge in [-0.15, -0.1) is 0 Å². The van der Waals surface area contributed by atoms with Gasteiger partial charge >= 0.3 is 0 Å². The molecule has 1 aromatic heterocycles. The number of hydrogen-bond acceptors (Lipinski definition) is 3. The van der Waals surface area contributed by atoms with Crippen molar-refractivity contribution in [3.05, 3.63) is 46.2 Å². The Balaban J connectivity index is 1.72. The highest BCUT2D eigenvalue weighted by Crippen LogP contribution is 2.25. The largest absolute Gasteiger partial charge is 0.334 e. The van der Waals surface area contributed by atoms with Gasteiger partial charge in [-0.2, -0.15) is 15.0 Å². The van der Waals surface area contributed by atoms with Gasteiger partial charge in [-0.3, -0.25) is 4.79 Å². The molecular weight excluding hydrogens is 308 g/mol. The molecule has 0 spiro atoms. The van der Waals surface area contributed by atoms with Crippen LogP contribution < -0.4 is 0 Å². The van der Waals surface area contributed by atoms with Gasteiger partial charge < -0.3 is 4.90 Å². The van der Waals surface area contributed by atoms with Crippen LogP contribution in [0.1, 0.15) is 22.0 Å². The Bertz CT molecular complexity index is 605. The SMILES string of the molecule is Cc1c(Br)cccc1C(=O)N1CC(n2nccn2)C1. The van der Waals surface area contributed by atoms with Crippen LogP contribution in [0.3, 0.4) is 0 Å². The lowest BCUT2D eigenvalue weighted by atomic mass is 10.0. The molecule has 3 rings (SSSR count). The van der Waals surface area contributed by atoms with Crippen molar-refractivity contribution in [2.45, 2.75) is 13.0 Å². The minimum absolute atomic E-state index is 0.0715. The molecule has 0 atom stereocenters. The maximum atomic E-state index is 12.4. The van der Waals surface area contributed by atoms with Crippen LogP contribution >= 0.6 is 15.9 Å². The van der Waals surface area contributed by atoms with Crippen LogP contribution in [0.2, 0.25) is 0 Å². The highest BCUT2D eigenvalue weighted by atomic mass is 79.9. The van der Waals surface area contributed by atoms with Gasteiger partial charge in [-0.05, 0) is 24.6 Å². The summed E-state index contributed by atoms with van der Waals surface area (Å²) in [6.45, 7) is 3.28. The van der Waals surface area contributed by atoms with Gasteiger partial charge in [0.05, 0.1) is 12.4 Å². The maximum absolute atomic E-state index is 12.4. The van der Waals surface area contributed by atoms with Gasteiger partial charge in [0.1, 0.15) is 6.04 Å². The Morgan fingerprint density at radius 1 is 1.32 bits per heavy atom. The van der Waals surface area contributed by atoms with E-state index in [0.29, 0.717) is 13.1 Å². The van der Waals surface area contributed by atoms with Crippen LogP contribution in [-0.4, -0.2) is 38.9 Å². The quantitative estimate of drug-likeness (QED) is 0.851. The third-order valence-corrected chi connectivity index (χ3v) is 4.27. The van der Waals surface area contributed by atoms with Crippen molar-refractivity contribution in [1.29, 1.82) is 0 Å². The Morgan fingerprint density at radius 2 is 2.00 bits per heavy atom. The Hall–Kier alpha value is -1.69. The average molecular weight is 321 g/mol. The predicted octanol–water partition coefficient (Wildman–Crippen LogP) is 2.05. The van der Waals surface area contributed by atoms with Gasteiger partial charge in [0.25, 0.3) is 5.91 Å². The number of halogens is 1. The second-order valence-electron chi connectivity index (χ2n) is 4.63. The number of likely N-dealkylation sites (tertiary alicyclic amines) is 1. The van der Waals surface area contributed by atoms with Crippen molar-refractivity contribution in [3.63, 3.8) is 0 Å². The Labute approximate surface area is 119 Å². The highest BCUT2D eigenvalue weighted by molar-refractivity contribution is 9.10. The van der Waals surface area contributed by atoms with Gasteiger partial charge in [0, 0.05) is 23.1 Å². The standard InChI is InChI=1S/C13H13BrN4O/c1-9-11(3-2-4-12(9)14)13(19)17-7-10(8-17)18-15-5-6-16-18/h2-6,10H,7-8H2,1H3. The number of amides is 1. The normalized spacial score (nSPS) is 15.4. The first-order chi connectivity index (χ1) is 9.16. The highest BCUT2D eigenvalue weighted by Gasteiger charge is 2.34. The summed E-state index contributed by atoms with van der Waals surface area (Å²) in [5.74, 6) is 0.0715. The van der Waals surface area contributed by atoms with E-state index < -0.39 is 0 Å². The van der Waals surface area contributed by atoms with E-state index in [1.807, 2.05) is 30.0 Å². The Morgan fingerprint density at radius 3 is 2.68 bits per heavy atom. The fourth-order valence-electron chi connectivity index (χ4n) is 2.19. The van der Waals surface area contributed by atoms with Crippen molar-refractivity contribution in [1.82, 2.24) is 19.9 Å². The molecule has 0 N–H and O–H groups in total. The van der Waals surface area contributed by atoms with Crippen molar-refractivity contribution in [2.75, 3.05) is 13.1 Å². The summed E-state index contributed by atoms with van der Waals surface area (Å²) in [5, 5.41) is 8.19. The molecule has 1 aliphatic rings. The summed E-state index contributed by atoms with van der Waals surface area (Å²) < 4.78 is 0.962. The molecule has 19 heavy (non-hydrogen) atoms. The molecule has 1 fully saturated rings. The van der Waals surface area contributed by atoms with E-state index >= 15 is 0 Å². The van der Waals surface area contributed by atoms with Gasteiger partial charge in [0.15, 0.2) is 0 Å². The van der Waals surface area contributed by atoms with E-state index in [2.05, 4.69) is 26.1 Å². The number of hydrogen-bond donors (Lipinski definition) is 0. The summed E-state index contributed by atoms with van der Waals surface area (Å²) in [4.78, 5) is 15.9. The number of carbonyl (C=O) groups is 1. The molecular formula is C13H13BrN4O. The third kappa shape index (κ3) is 2.16. The van der Waals surface area contributed by atoms with Crippen LogP contribution in [-0.2, 0) is 0 Å². The number of rotatable bonds is 2. The fourth-order valence-corrected chi connectivity index (χ4v) is 2.56. The minimum Gasteiger partial charge on any atom is -0.334 e. The molecule has 1 aromatic carbocycles. The summed E-state index contributed by atoms with van der Waals surface area (Å²) in [6.07, 6.45) is 3.31. The van der Waals surface area contributed by atoms with Gasteiger partial charge in [0.2, 0.25) is 0 Å². The second kappa shape index (κ2) is 4.77. The molecule has 5 nitrogen and oxygen atoms in total. The lowest BCUT2D eigenvalue weighted by Crippen LogP contribution is -2.51. The summed E-state index contributed by atoms with van der Waals surface area (Å²) in [5.41, 5.74) is 1.73. The number of nitrogens with zero attached hydrogens (tertiary/aromatic N) is 4. The van der Waals surface area contributed by atoms with Gasteiger partial charge in [-0.1, -0.05) is 22.0 Å². The molecule has 0 unspecified atom stereocenters. The minimum atomic E-state index is 0.0715. The van der Waals surface area contributed by atoms with Gasteiger partial charge in [-0.25, -0.2) is 0 Å². The van der Waals surface area contributed by atoms with Crippen LogP contribution in [0, 0.1) is 6.92 Å². The van der Waals surface area contributed by atoms with Crippen LogP contribution in [0.25, 0.3) is 0 Å². The van der Waals surface area contributed by atoms with E-state index in [4.69, 9.17) is 0 Å². The van der Waals surface area contributed by atoms with Crippen molar-refractivity contribution in [3.8, 4) is 0 Å². The first-order valence-corrected chi connectivity index (χ1v) is 6.86. The van der Waals surface area contributed by atoms with E-state index in [9.17, 15) is 4.79 Å². The van der Waals surface area contributed by atoms with E-state index in [1.54, 1.807) is 17.2 Å². The Kier molecular flexibility index (Phi) is 3.10. The lowest BCUT2D eigenvalue weighted by molar-refractivity contribution is 0.0475. The molecule has 0 bridgehead atoms. The topological polar surface area (TPSA) is 51.0 Å². The van der Waals surface area contributed by atoms with E-state index in [-0.39, 0.29) is 11.9 Å². The molecule has 1 amide bonds. The summed E-state index contributed by atoms with van der Waals surface area (Å²) in [6, 6.07) is 5.89. The fraction of sp³-hybridized carbons (Fsp3) is 0.308. The predicted molar refractivity (Wildman–Crippen MR) is 73.8 cm³/mol. The molecule has 6 heteroatoms. The van der Waals surface area contributed by atoms with Crippen LogP contribution in [0.5, 0.6) is 0 Å². The molecule has 2 heterocycles. The smallest absolute Gasteiger partial charge is 0.254 e. The molecule has 1 aliphatic heterocycles.